The second kappa shape index (κ2) is 5.42. The summed E-state index contributed by atoms with van der Waals surface area (Å²) < 4.78 is 5.37. The number of ether oxygens (including phenoxy) is 1. The van der Waals surface area contributed by atoms with Gasteiger partial charge in [0.15, 0.2) is 0 Å². The third kappa shape index (κ3) is 2.50. The minimum Gasteiger partial charge on any atom is -0.446 e. The zero-order valence-electron chi connectivity index (χ0n) is 11.3. The number of aryl methyl sites for hydroxylation is 1. The van der Waals surface area contributed by atoms with Gasteiger partial charge in [-0.1, -0.05) is 25.1 Å². The van der Waals surface area contributed by atoms with Crippen LogP contribution < -0.4 is 4.90 Å². The number of amides is 1. The number of carbonyl (C=O) groups is 1. The predicted molar refractivity (Wildman–Crippen MR) is 72.9 cm³/mol. The van der Waals surface area contributed by atoms with Gasteiger partial charge in [0.25, 0.3) is 0 Å². The smallest absolute Gasteiger partial charge is 0.414 e. The van der Waals surface area contributed by atoms with E-state index in [4.69, 9.17) is 4.74 Å². The van der Waals surface area contributed by atoms with Crippen molar-refractivity contribution in [2.75, 3.05) is 4.90 Å². The van der Waals surface area contributed by atoms with Crippen LogP contribution in [0.2, 0.25) is 0 Å². The zero-order chi connectivity index (χ0) is 13.1. The minimum absolute atomic E-state index is 0.0795. The molecule has 1 atom stereocenters. The molecule has 0 spiro atoms. The molecule has 0 aliphatic carbocycles. The molecule has 0 bridgehead atoms. The Morgan fingerprint density at radius 3 is 2.83 bits per heavy atom. The van der Waals surface area contributed by atoms with Gasteiger partial charge in [-0.3, -0.25) is 4.90 Å². The number of benzene rings is 1. The predicted octanol–water partition coefficient (Wildman–Crippen LogP) is 3.76. The molecule has 0 fully saturated rings. The van der Waals surface area contributed by atoms with Crippen LogP contribution in [0.3, 0.4) is 0 Å². The van der Waals surface area contributed by atoms with Gasteiger partial charge in [0, 0.05) is 6.04 Å². The van der Waals surface area contributed by atoms with Crippen LogP contribution in [0, 0.1) is 0 Å². The fourth-order valence-electron chi connectivity index (χ4n) is 2.50. The first-order chi connectivity index (χ1) is 8.63. The van der Waals surface area contributed by atoms with Crippen LogP contribution in [0.4, 0.5) is 10.5 Å². The number of para-hydroxylation sites is 1. The van der Waals surface area contributed by atoms with Gasteiger partial charge in [0.05, 0.1) is 11.8 Å². The van der Waals surface area contributed by atoms with E-state index in [0.717, 1.165) is 24.9 Å². The Hall–Kier alpha value is -1.51. The van der Waals surface area contributed by atoms with Crippen LogP contribution in [-0.2, 0) is 11.2 Å². The van der Waals surface area contributed by atoms with Crippen molar-refractivity contribution in [1.29, 1.82) is 0 Å². The zero-order valence-corrected chi connectivity index (χ0v) is 11.3. The van der Waals surface area contributed by atoms with Gasteiger partial charge in [0.1, 0.15) is 0 Å². The molecule has 1 heterocycles. The van der Waals surface area contributed by atoms with Crippen molar-refractivity contribution in [1.82, 2.24) is 0 Å². The average Bonchev–Trinajstić information content (AvgIpc) is 2.36. The highest BCUT2D eigenvalue weighted by Gasteiger charge is 2.31. The van der Waals surface area contributed by atoms with Crippen LogP contribution in [0.5, 0.6) is 0 Å². The largest absolute Gasteiger partial charge is 0.446 e. The summed E-state index contributed by atoms with van der Waals surface area (Å²) in [4.78, 5) is 14.1. The normalized spacial score (nSPS) is 18.7. The number of rotatable bonds is 2. The summed E-state index contributed by atoms with van der Waals surface area (Å²) in [6, 6.07) is 8.37. The van der Waals surface area contributed by atoms with Crippen molar-refractivity contribution in [3.8, 4) is 0 Å². The molecule has 1 aliphatic rings. The van der Waals surface area contributed by atoms with E-state index in [9.17, 15) is 4.79 Å². The van der Waals surface area contributed by atoms with Crippen LogP contribution in [0.1, 0.15) is 39.2 Å². The number of carbonyl (C=O) groups excluding carboxylic acids is 1. The maximum absolute atomic E-state index is 12.2. The second-order valence-electron chi connectivity index (χ2n) is 5.03. The molecule has 98 valence electrons. The molecule has 0 N–H and O–H groups in total. The van der Waals surface area contributed by atoms with E-state index >= 15 is 0 Å². The van der Waals surface area contributed by atoms with E-state index in [-0.39, 0.29) is 18.2 Å². The monoisotopic (exact) mass is 247 g/mol. The fraction of sp³-hybridized carbons (Fsp3) is 0.533. The summed E-state index contributed by atoms with van der Waals surface area (Å²) in [5.74, 6) is 0. The highest BCUT2D eigenvalue weighted by molar-refractivity contribution is 5.90. The Balaban J connectivity index is 2.31. The number of hydrogen-bond donors (Lipinski definition) is 0. The topological polar surface area (TPSA) is 29.5 Å². The van der Waals surface area contributed by atoms with Gasteiger partial charge >= 0.3 is 6.09 Å². The standard InChI is InChI=1S/C15H21NO2/c1-4-13-10-9-12-7-5-6-8-14(12)16(13)15(17)18-11(2)3/h5-8,11,13H,4,9-10H2,1-3H3. The van der Waals surface area contributed by atoms with Gasteiger partial charge in [-0.05, 0) is 44.7 Å². The summed E-state index contributed by atoms with van der Waals surface area (Å²) in [5.41, 5.74) is 2.25. The van der Waals surface area contributed by atoms with Gasteiger partial charge in [-0.2, -0.15) is 0 Å². The number of hydrogen-bond acceptors (Lipinski definition) is 2. The second-order valence-corrected chi connectivity index (χ2v) is 5.03. The Morgan fingerprint density at radius 1 is 1.44 bits per heavy atom. The molecule has 1 aliphatic heterocycles. The Bertz CT molecular complexity index is 428. The number of fused-ring (bicyclic) bond motifs is 1. The first-order valence-electron chi connectivity index (χ1n) is 6.71. The molecule has 0 saturated heterocycles. The quantitative estimate of drug-likeness (QED) is 0.796. The molecule has 1 aromatic carbocycles. The van der Waals surface area contributed by atoms with Crippen molar-refractivity contribution >= 4 is 11.8 Å². The van der Waals surface area contributed by atoms with Crippen LogP contribution in [0.25, 0.3) is 0 Å². The van der Waals surface area contributed by atoms with Crippen LogP contribution in [-0.4, -0.2) is 18.2 Å². The average molecular weight is 247 g/mol. The summed E-state index contributed by atoms with van der Waals surface area (Å²) in [6.07, 6.45) is 2.72. The Kier molecular flexibility index (Phi) is 3.90. The van der Waals surface area contributed by atoms with Crippen LogP contribution >= 0.6 is 0 Å². The van der Waals surface area contributed by atoms with Gasteiger partial charge in [-0.25, -0.2) is 4.79 Å². The molecule has 1 aromatic rings. The lowest BCUT2D eigenvalue weighted by atomic mass is 9.95. The summed E-state index contributed by atoms with van der Waals surface area (Å²) in [5, 5.41) is 0. The molecule has 3 nitrogen and oxygen atoms in total. The van der Waals surface area contributed by atoms with E-state index in [0.29, 0.717) is 0 Å². The lowest BCUT2D eigenvalue weighted by Gasteiger charge is -2.36. The number of anilines is 1. The fourth-order valence-corrected chi connectivity index (χ4v) is 2.50. The highest BCUT2D eigenvalue weighted by atomic mass is 16.6. The molecule has 2 rings (SSSR count). The van der Waals surface area contributed by atoms with E-state index in [1.54, 1.807) is 0 Å². The van der Waals surface area contributed by atoms with E-state index < -0.39 is 0 Å². The molecule has 3 heteroatoms. The summed E-state index contributed by atoms with van der Waals surface area (Å²) >= 11 is 0. The van der Waals surface area contributed by atoms with E-state index in [1.165, 1.54) is 5.56 Å². The van der Waals surface area contributed by atoms with Crippen LogP contribution in [0.15, 0.2) is 24.3 Å². The lowest BCUT2D eigenvalue weighted by Crippen LogP contribution is -2.44. The van der Waals surface area contributed by atoms with Crippen molar-refractivity contribution in [2.45, 2.75) is 52.2 Å². The van der Waals surface area contributed by atoms with E-state index in [1.807, 2.05) is 36.9 Å². The lowest BCUT2D eigenvalue weighted by molar-refractivity contribution is 0.119. The van der Waals surface area contributed by atoms with Crippen molar-refractivity contribution in [3.63, 3.8) is 0 Å². The Morgan fingerprint density at radius 2 is 2.17 bits per heavy atom. The molecule has 1 amide bonds. The number of nitrogens with zero attached hydrogens (tertiary/aromatic N) is 1. The third-order valence-electron chi connectivity index (χ3n) is 3.37. The van der Waals surface area contributed by atoms with Crippen molar-refractivity contribution < 1.29 is 9.53 Å². The maximum Gasteiger partial charge on any atom is 0.414 e. The first-order valence-corrected chi connectivity index (χ1v) is 6.71. The molecule has 1 unspecified atom stereocenters. The third-order valence-corrected chi connectivity index (χ3v) is 3.37. The van der Waals surface area contributed by atoms with Gasteiger partial charge < -0.3 is 4.74 Å². The highest BCUT2D eigenvalue weighted by Crippen LogP contribution is 2.32. The van der Waals surface area contributed by atoms with E-state index in [2.05, 4.69) is 13.0 Å². The molecular weight excluding hydrogens is 226 g/mol. The van der Waals surface area contributed by atoms with Gasteiger partial charge in [-0.15, -0.1) is 0 Å². The van der Waals surface area contributed by atoms with Crippen molar-refractivity contribution in [3.05, 3.63) is 29.8 Å². The van der Waals surface area contributed by atoms with Crippen molar-refractivity contribution in [2.24, 2.45) is 0 Å². The Labute approximate surface area is 109 Å². The summed E-state index contributed by atoms with van der Waals surface area (Å²) in [6.45, 7) is 5.89. The summed E-state index contributed by atoms with van der Waals surface area (Å²) in [7, 11) is 0. The first kappa shape index (κ1) is 12.9. The molecule has 0 saturated carbocycles. The molecule has 18 heavy (non-hydrogen) atoms. The van der Waals surface area contributed by atoms with Gasteiger partial charge in [0.2, 0.25) is 0 Å². The molecule has 0 radical (unpaired) electrons. The minimum atomic E-state index is -0.219. The SMILES string of the molecule is CCC1CCc2ccccc2N1C(=O)OC(C)C. The molecular formula is C15H21NO2. The molecule has 0 aromatic heterocycles. The maximum atomic E-state index is 12.2.